The molecule has 106 valence electrons. The molecule has 1 nitrogen and oxygen atoms in total. The third-order valence-electron chi connectivity index (χ3n) is 2.74. The second kappa shape index (κ2) is 7.20. The predicted octanol–water partition coefficient (Wildman–Crippen LogP) is 4.42. The van der Waals surface area contributed by atoms with Crippen LogP contribution in [-0.2, 0) is 6.42 Å². The molecule has 0 aromatic heterocycles. The molecule has 0 amide bonds. The van der Waals surface area contributed by atoms with E-state index < -0.39 is 6.10 Å². The molecule has 1 atom stereocenters. The van der Waals surface area contributed by atoms with Crippen LogP contribution in [0.15, 0.2) is 51.8 Å². The van der Waals surface area contributed by atoms with Crippen LogP contribution in [0.3, 0.4) is 0 Å². The summed E-state index contributed by atoms with van der Waals surface area (Å²) >= 11 is 4.53. The maximum atomic E-state index is 13.4. The molecule has 0 saturated carbocycles. The lowest BCUT2D eigenvalue weighted by molar-refractivity contribution is 0.200. The largest absolute Gasteiger partial charge is 0.392 e. The molecule has 5 heteroatoms. The summed E-state index contributed by atoms with van der Waals surface area (Å²) in [5.41, 5.74) is 0.827. The smallest absolute Gasteiger partial charge is 0.136 e. The van der Waals surface area contributed by atoms with Gasteiger partial charge >= 0.3 is 0 Å². The van der Waals surface area contributed by atoms with Gasteiger partial charge in [0.25, 0.3) is 0 Å². The highest BCUT2D eigenvalue weighted by Crippen LogP contribution is 2.24. The van der Waals surface area contributed by atoms with Crippen LogP contribution in [0.5, 0.6) is 0 Å². The van der Waals surface area contributed by atoms with Crippen molar-refractivity contribution in [2.24, 2.45) is 0 Å². The highest BCUT2D eigenvalue weighted by atomic mass is 79.9. The predicted molar refractivity (Wildman–Crippen MR) is 80.9 cm³/mol. The molecule has 2 aromatic rings. The molecule has 0 spiro atoms. The van der Waals surface area contributed by atoms with Crippen molar-refractivity contribution in [2.75, 3.05) is 5.75 Å². The number of thioether (sulfide) groups is 1. The van der Waals surface area contributed by atoms with Gasteiger partial charge in [-0.15, -0.1) is 11.8 Å². The summed E-state index contributed by atoms with van der Waals surface area (Å²) in [6.07, 6.45) is -0.233. The van der Waals surface area contributed by atoms with Crippen molar-refractivity contribution in [3.63, 3.8) is 0 Å². The summed E-state index contributed by atoms with van der Waals surface area (Å²) in [6, 6.07) is 10.8. The Hall–Kier alpha value is -0.910. The fourth-order valence-electron chi connectivity index (χ4n) is 1.75. The highest BCUT2D eigenvalue weighted by molar-refractivity contribution is 9.10. The Kier molecular flexibility index (Phi) is 5.57. The van der Waals surface area contributed by atoms with E-state index >= 15 is 0 Å². The lowest BCUT2D eigenvalue weighted by Gasteiger charge is -2.12. The summed E-state index contributed by atoms with van der Waals surface area (Å²) in [4.78, 5) is 0.518. The zero-order valence-corrected chi connectivity index (χ0v) is 12.9. The van der Waals surface area contributed by atoms with Crippen LogP contribution in [0, 0.1) is 11.6 Å². The first-order chi connectivity index (χ1) is 9.56. The van der Waals surface area contributed by atoms with E-state index in [9.17, 15) is 13.9 Å². The maximum Gasteiger partial charge on any atom is 0.136 e. The minimum Gasteiger partial charge on any atom is -0.392 e. The van der Waals surface area contributed by atoms with Crippen LogP contribution in [-0.4, -0.2) is 17.0 Å². The topological polar surface area (TPSA) is 20.2 Å². The van der Waals surface area contributed by atoms with E-state index in [0.29, 0.717) is 21.5 Å². The first kappa shape index (κ1) is 15.5. The molecule has 0 aliphatic carbocycles. The number of aliphatic hydroxyl groups excluding tert-OH is 1. The number of halogens is 3. The van der Waals surface area contributed by atoms with Crippen LogP contribution in [0.1, 0.15) is 5.56 Å². The van der Waals surface area contributed by atoms with Crippen molar-refractivity contribution < 1.29 is 13.9 Å². The van der Waals surface area contributed by atoms with Gasteiger partial charge < -0.3 is 5.11 Å². The van der Waals surface area contributed by atoms with E-state index in [0.717, 1.165) is 5.56 Å². The molecule has 0 radical (unpaired) electrons. The van der Waals surface area contributed by atoms with E-state index in [1.54, 1.807) is 24.3 Å². The molecule has 2 rings (SSSR count). The van der Waals surface area contributed by atoms with Gasteiger partial charge in [0.05, 0.1) is 6.10 Å². The van der Waals surface area contributed by atoms with Crippen LogP contribution < -0.4 is 0 Å². The number of hydrogen-bond acceptors (Lipinski definition) is 2. The Labute approximate surface area is 129 Å². The number of benzene rings is 2. The van der Waals surface area contributed by atoms with Crippen LogP contribution in [0.25, 0.3) is 0 Å². The quantitative estimate of drug-likeness (QED) is 0.798. The fourth-order valence-corrected chi connectivity index (χ4v) is 3.13. The van der Waals surface area contributed by atoms with Crippen LogP contribution in [0.2, 0.25) is 0 Å². The van der Waals surface area contributed by atoms with E-state index in [1.165, 1.54) is 30.0 Å². The molecule has 1 N–H and O–H groups in total. The normalized spacial score (nSPS) is 12.4. The molecule has 0 aliphatic rings. The minimum atomic E-state index is -0.624. The Morgan fingerprint density at radius 2 is 1.90 bits per heavy atom. The van der Waals surface area contributed by atoms with Crippen LogP contribution in [0.4, 0.5) is 8.78 Å². The van der Waals surface area contributed by atoms with Gasteiger partial charge in [0.2, 0.25) is 0 Å². The Morgan fingerprint density at radius 3 is 2.60 bits per heavy atom. The van der Waals surface area contributed by atoms with Gasteiger partial charge in [-0.1, -0.05) is 34.1 Å². The summed E-state index contributed by atoms with van der Waals surface area (Å²) in [6.45, 7) is 0. The van der Waals surface area contributed by atoms with Gasteiger partial charge in [-0.05, 0) is 29.8 Å². The molecule has 20 heavy (non-hydrogen) atoms. The van der Waals surface area contributed by atoms with E-state index in [-0.39, 0.29) is 11.6 Å². The lowest BCUT2D eigenvalue weighted by Crippen LogP contribution is -2.14. The van der Waals surface area contributed by atoms with Gasteiger partial charge in [-0.3, -0.25) is 0 Å². The zero-order valence-electron chi connectivity index (χ0n) is 10.5. The van der Waals surface area contributed by atoms with Crippen molar-refractivity contribution >= 4 is 27.7 Å². The van der Waals surface area contributed by atoms with Crippen molar-refractivity contribution in [2.45, 2.75) is 17.4 Å². The van der Waals surface area contributed by atoms with Gasteiger partial charge in [-0.25, -0.2) is 8.78 Å². The van der Waals surface area contributed by atoms with E-state index in [1.807, 2.05) is 0 Å². The summed E-state index contributed by atoms with van der Waals surface area (Å²) in [7, 11) is 0. The first-order valence-corrected chi connectivity index (χ1v) is 7.83. The second-order valence-electron chi connectivity index (χ2n) is 4.34. The Balaban J connectivity index is 1.92. The third kappa shape index (κ3) is 4.30. The standard InChI is InChI=1S/C15H13BrF2OS/c16-13-8-11(17)6-5-10(13)7-12(19)9-20-15-4-2-1-3-14(15)18/h1-6,8,12,19H,7,9H2. The molecule has 2 aromatic carbocycles. The van der Waals surface area contributed by atoms with Crippen molar-refractivity contribution in [3.8, 4) is 0 Å². The van der Waals surface area contributed by atoms with Gasteiger partial charge in [0.1, 0.15) is 11.6 Å². The number of rotatable bonds is 5. The van der Waals surface area contributed by atoms with Gasteiger partial charge in [0, 0.05) is 21.5 Å². The van der Waals surface area contributed by atoms with Crippen molar-refractivity contribution in [1.29, 1.82) is 0 Å². The second-order valence-corrected chi connectivity index (χ2v) is 6.25. The van der Waals surface area contributed by atoms with Gasteiger partial charge in [-0.2, -0.15) is 0 Å². The summed E-state index contributed by atoms with van der Waals surface area (Å²) in [5.74, 6) is -0.228. The molecule has 0 bridgehead atoms. The third-order valence-corrected chi connectivity index (χ3v) is 4.67. The number of aliphatic hydroxyl groups is 1. The number of hydrogen-bond donors (Lipinski definition) is 1. The Bertz CT molecular complexity index is 592. The average Bonchev–Trinajstić information content (AvgIpc) is 2.41. The van der Waals surface area contributed by atoms with Gasteiger partial charge in [0.15, 0.2) is 0 Å². The SMILES string of the molecule is OC(CSc1ccccc1F)Cc1ccc(F)cc1Br. The Morgan fingerprint density at radius 1 is 1.15 bits per heavy atom. The highest BCUT2D eigenvalue weighted by Gasteiger charge is 2.11. The lowest BCUT2D eigenvalue weighted by atomic mass is 10.1. The fraction of sp³-hybridized carbons (Fsp3) is 0.200. The monoisotopic (exact) mass is 358 g/mol. The summed E-state index contributed by atoms with van der Waals surface area (Å²) < 4.78 is 27.0. The first-order valence-electron chi connectivity index (χ1n) is 6.05. The molecule has 0 fully saturated rings. The molecule has 0 saturated heterocycles. The zero-order chi connectivity index (χ0) is 14.5. The van der Waals surface area contributed by atoms with Crippen molar-refractivity contribution in [1.82, 2.24) is 0 Å². The average molecular weight is 359 g/mol. The molecular formula is C15H13BrF2OS. The molecule has 0 aliphatic heterocycles. The van der Waals surface area contributed by atoms with E-state index in [4.69, 9.17) is 0 Å². The molecule has 0 heterocycles. The summed E-state index contributed by atoms with van der Waals surface area (Å²) in [5, 5.41) is 9.99. The molecule has 1 unspecified atom stereocenters. The van der Waals surface area contributed by atoms with Crippen LogP contribution >= 0.6 is 27.7 Å². The molecular weight excluding hydrogens is 346 g/mol. The van der Waals surface area contributed by atoms with E-state index in [2.05, 4.69) is 15.9 Å². The van der Waals surface area contributed by atoms with Crippen molar-refractivity contribution in [3.05, 3.63) is 64.1 Å². The minimum absolute atomic E-state index is 0.285. The maximum absolute atomic E-state index is 13.4.